The minimum Gasteiger partial charge on any atom is -0.455 e. The quantitative estimate of drug-likeness (QED) is 0.730. The molecule has 1 saturated heterocycles. The van der Waals surface area contributed by atoms with Gasteiger partial charge in [0.25, 0.3) is 5.91 Å². The number of para-hydroxylation sites is 1. The normalized spacial score (nSPS) is 16.0. The number of ether oxygens (including phenoxy) is 1. The van der Waals surface area contributed by atoms with Crippen molar-refractivity contribution >= 4 is 40.8 Å². The van der Waals surface area contributed by atoms with Crippen LogP contribution in [0.3, 0.4) is 0 Å². The number of hydrogen-bond acceptors (Lipinski definition) is 4. The van der Waals surface area contributed by atoms with Crippen molar-refractivity contribution in [2.45, 2.75) is 26.7 Å². The SMILES string of the molecule is CCc1ccccc1N1C[C@H](C(=O)OCC(=O)Nc2ccc(Cl)cc2C)CC1=O. The third-order valence-corrected chi connectivity index (χ3v) is 5.16. The number of nitrogens with one attached hydrogen (secondary N) is 1. The van der Waals surface area contributed by atoms with Gasteiger partial charge in [-0.15, -0.1) is 0 Å². The van der Waals surface area contributed by atoms with E-state index < -0.39 is 24.4 Å². The van der Waals surface area contributed by atoms with Crippen LogP contribution in [-0.2, 0) is 25.5 Å². The predicted molar refractivity (Wildman–Crippen MR) is 112 cm³/mol. The summed E-state index contributed by atoms with van der Waals surface area (Å²) in [5.41, 5.74) is 3.29. The first-order valence-corrected chi connectivity index (χ1v) is 9.87. The molecular formula is C22H23ClN2O4. The Kier molecular flexibility index (Phi) is 6.54. The largest absolute Gasteiger partial charge is 0.455 e. The van der Waals surface area contributed by atoms with Gasteiger partial charge in [0.05, 0.1) is 5.92 Å². The summed E-state index contributed by atoms with van der Waals surface area (Å²) in [5.74, 6) is -1.69. The van der Waals surface area contributed by atoms with Gasteiger partial charge in [0.15, 0.2) is 6.61 Å². The van der Waals surface area contributed by atoms with Crippen LogP contribution in [-0.4, -0.2) is 30.9 Å². The fourth-order valence-electron chi connectivity index (χ4n) is 3.38. The van der Waals surface area contributed by atoms with Crippen molar-refractivity contribution in [1.82, 2.24) is 0 Å². The molecule has 7 heteroatoms. The maximum Gasteiger partial charge on any atom is 0.311 e. The zero-order valence-electron chi connectivity index (χ0n) is 16.4. The summed E-state index contributed by atoms with van der Waals surface area (Å²) in [6.07, 6.45) is 0.869. The van der Waals surface area contributed by atoms with Crippen molar-refractivity contribution in [1.29, 1.82) is 0 Å². The van der Waals surface area contributed by atoms with E-state index >= 15 is 0 Å². The average Bonchev–Trinajstić information content (AvgIpc) is 3.09. The molecule has 152 valence electrons. The molecule has 29 heavy (non-hydrogen) atoms. The molecule has 1 heterocycles. The molecule has 2 aromatic carbocycles. The topological polar surface area (TPSA) is 75.7 Å². The van der Waals surface area contributed by atoms with Crippen molar-refractivity contribution in [2.24, 2.45) is 5.92 Å². The molecule has 0 bridgehead atoms. The Labute approximate surface area is 174 Å². The number of carbonyl (C=O) groups is 3. The Morgan fingerprint density at radius 2 is 2.00 bits per heavy atom. The van der Waals surface area contributed by atoms with Crippen LogP contribution in [0.15, 0.2) is 42.5 Å². The van der Waals surface area contributed by atoms with E-state index in [1.807, 2.05) is 38.1 Å². The Bertz CT molecular complexity index is 944. The van der Waals surface area contributed by atoms with E-state index in [1.165, 1.54) is 0 Å². The highest BCUT2D eigenvalue weighted by atomic mass is 35.5. The highest BCUT2D eigenvalue weighted by molar-refractivity contribution is 6.30. The third kappa shape index (κ3) is 4.95. The molecular weight excluding hydrogens is 392 g/mol. The minimum absolute atomic E-state index is 0.0782. The van der Waals surface area contributed by atoms with Crippen LogP contribution in [0.4, 0.5) is 11.4 Å². The number of aryl methyl sites for hydroxylation is 2. The van der Waals surface area contributed by atoms with Crippen LogP contribution in [0.2, 0.25) is 5.02 Å². The van der Waals surface area contributed by atoms with E-state index in [9.17, 15) is 14.4 Å². The van der Waals surface area contributed by atoms with Gasteiger partial charge in [0.1, 0.15) is 0 Å². The maximum absolute atomic E-state index is 12.4. The summed E-state index contributed by atoms with van der Waals surface area (Å²) in [5, 5.41) is 3.27. The van der Waals surface area contributed by atoms with Crippen molar-refractivity contribution < 1.29 is 19.1 Å². The molecule has 1 N–H and O–H groups in total. The zero-order valence-corrected chi connectivity index (χ0v) is 17.2. The molecule has 1 aliphatic rings. The first-order chi connectivity index (χ1) is 13.9. The van der Waals surface area contributed by atoms with Gasteiger partial charge < -0.3 is 15.0 Å². The highest BCUT2D eigenvalue weighted by Gasteiger charge is 2.37. The van der Waals surface area contributed by atoms with E-state index in [0.29, 0.717) is 10.7 Å². The van der Waals surface area contributed by atoms with E-state index in [2.05, 4.69) is 5.32 Å². The molecule has 1 fully saturated rings. The van der Waals surface area contributed by atoms with Gasteiger partial charge in [-0.1, -0.05) is 36.7 Å². The van der Waals surface area contributed by atoms with Crippen LogP contribution in [0.1, 0.15) is 24.5 Å². The Balaban J connectivity index is 1.56. The van der Waals surface area contributed by atoms with Crippen molar-refractivity contribution in [3.63, 3.8) is 0 Å². The molecule has 0 saturated carbocycles. The lowest BCUT2D eigenvalue weighted by Crippen LogP contribution is -2.28. The smallest absolute Gasteiger partial charge is 0.311 e. The predicted octanol–water partition coefficient (Wildman–Crippen LogP) is 3.75. The third-order valence-electron chi connectivity index (χ3n) is 4.93. The van der Waals surface area contributed by atoms with Gasteiger partial charge in [-0.3, -0.25) is 14.4 Å². The number of benzene rings is 2. The number of amides is 2. The maximum atomic E-state index is 12.4. The van der Waals surface area contributed by atoms with Crippen LogP contribution in [0.25, 0.3) is 0 Å². The standard InChI is InChI=1S/C22H23ClN2O4/c1-3-15-6-4-5-7-19(15)25-12-16(11-21(25)27)22(28)29-13-20(26)24-18-9-8-17(23)10-14(18)2/h4-10,16H,3,11-13H2,1-2H3,(H,24,26)/t16-/m1/s1. The number of halogens is 1. The van der Waals surface area contributed by atoms with Crippen LogP contribution in [0.5, 0.6) is 0 Å². The molecule has 1 atom stereocenters. The van der Waals surface area contributed by atoms with Gasteiger partial charge in [0, 0.05) is 29.4 Å². The van der Waals surface area contributed by atoms with E-state index in [0.717, 1.165) is 23.2 Å². The van der Waals surface area contributed by atoms with Gasteiger partial charge in [-0.25, -0.2) is 0 Å². The lowest BCUT2D eigenvalue weighted by Gasteiger charge is -2.19. The molecule has 2 aromatic rings. The summed E-state index contributed by atoms with van der Waals surface area (Å²) >= 11 is 5.90. The fourth-order valence-corrected chi connectivity index (χ4v) is 3.61. The number of hydrogen-bond donors (Lipinski definition) is 1. The van der Waals surface area contributed by atoms with Gasteiger partial charge >= 0.3 is 5.97 Å². The van der Waals surface area contributed by atoms with Gasteiger partial charge in [-0.05, 0) is 48.7 Å². The van der Waals surface area contributed by atoms with E-state index in [1.54, 1.807) is 23.1 Å². The van der Waals surface area contributed by atoms with Crippen LogP contribution >= 0.6 is 11.6 Å². The molecule has 0 aliphatic carbocycles. The molecule has 6 nitrogen and oxygen atoms in total. The minimum atomic E-state index is -0.586. The monoisotopic (exact) mass is 414 g/mol. The second-order valence-corrected chi connectivity index (χ2v) is 7.44. The second-order valence-electron chi connectivity index (χ2n) is 7.00. The number of anilines is 2. The van der Waals surface area contributed by atoms with Crippen LogP contribution in [0, 0.1) is 12.8 Å². The Morgan fingerprint density at radius 1 is 1.24 bits per heavy atom. The van der Waals surface area contributed by atoms with E-state index in [4.69, 9.17) is 16.3 Å². The molecule has 3 rings (SSSR count). The molecule has 0 aromatic heterocycles. The molecule has 2 amide bonds. The van der Waals surface area contributed by atoms with E-state index in [-0.39, 0.29) is 18.9 Å². The number of carbonyl (C=O) groups excluding carboxylic acids is 3. The molecule has 1 aliphatic heterocycles. The van der Waals surface area contributed by atoms with Crippen molar-refractivity contribution in [3.8, 4) is 0 Å². The first-order valence-electron chi connectivity index (χ1n) is 9.50. The summed E-state index contributed by atoms with van der Waals surface area (Å²) in [7, 11) is 0. The molecule has 0 unspecified atom stereocenters. The fraction of sp³-hybridized carbons (Fsp3) is 0.318. The number of nitrogens with zero attached hydrogens (tertiary/aromatic N) is 1. The summed E-state index contributed by atoms with van der Waals surface area (Å²) in [6, 6.07) is 12.7. The van der Waals surface area contributed by atoms with Crippen LogP contribution < -0.4 is 10.2 Å². The average molecular weight is 415 g/mol. The summed E-state index contributed by atoms with van der Waals surface area (Å²) in [6.45, 7) is 3.69. The molecule has 0 radical (unpaired) electrons. The van der Waals surface area contributed by atoms with Gasteiger partial charge in [0.2, 0.25) is 5.91 Å². The first kappa shape index (κ1) is 20.9. The van der Waals surface area contributed by atoms with Gasteiger partial charge in [-0.2, -0.15) is 0 Å². The zero-order chi connectivity index (χ0) is 21.0. The lowest BCUT2D eigenvalue weighted by molar-refractivity contribution is -0.151. The lowest BCUT2D eigenvalue weighted by atomic mass is 10.1. The Morgan fingerprint density at radius 3 is 2.72 bits per heavy atom. The highest BCUT2D eigenvalue weighted by Crippen LogP contribution is 2.29. The number of esters is 1. The van der Waals surface area contributed by atoms with Crippen molar-refractivity contribution in [2.75, 3.05) is 23.4 Å². The second kappa shape index (κ2) is 9.09. The Hall–Kier alpha value is -2.86. The summed E-state index contributed by atoms with van der Waals surface area (Å²) in [4.78, 5) is 38.6. The molecule has 0 spiro atoms. The number of rotatable bonds is 6. The summed E-state index contributed by atoms with van der Waals surface area (Å²) < 4.78 is 5.16. The van der Waals surface area contributed by atoms with Crippen molar-refractivity contribution in [3.05, 3.63) is 58.6 Å².